The maximum absolute atomic E-state index is 12.5. The van der Waals surface area contributed by atoms with Crippen LogP contribution in [0.25, 0.3) is 0 Å². The van der Waals surface area contributed by atoms with Gasteiger partial charge in [0.25, 0.3) is 5.91 Å². The highest BCUT2D eigenvalue weighted by atomic mass is 35.5. The number of para-hydroxylation sites is 1. The van der Waals surface area contributed by atoms with Gasteiger partial charge in [0, 0.05) is 5.69 Å². The molecule has 0 aliphatic heterocycles. The standard InChI is InChI=1S/C20H14Cl5NO3/c1-9-4-3-5-10(2)18(9)26-20(27)12-7-6-11(29-12)8-28-19-16(24)14(22)13(21)15(23)17(19)25/h3-7H,8H2,1-2H3,(H,26,27). The Labute approximate surface area is 192 Å². The second-order valence-electron chi connectivity index (χ2n) is 6.17. The molecule has 1 aromatic heterocycles. The van der Waals surface area contributed by atoms with Crippen LogP contribution in [0.2, 0.25) is 25.1 Å². The lowest BCUT2D eigenvalue weighted by atomic mass is 10.1. The highest BCUT2D eigenvalue weighted by molar-refractivity contribution is 6.55. The molecule has 2 aromatic carbocycles. The molecule has 0 spiro atoms. The van der Waals surface area contributed by atoms with Crippen LogP contribution in [0.5, 0.6) is 5.75 Å². The summed E-state index contributed by atoms with van der Waals surface area (Å²) in [6.07, 6.45) is 0. The first kappa shape index (κ1) is 22.1. The lowest BCUT2D eigenvalue weighted by molar-refractivity contribution is 0.0992. The van der Waals surface area contributed by atoms with Gasteiger partial charge in [0.15, 0.2) is 11.5 Å². The molecule has 0 saturated heterocycles. The fourth-order valence-corrected chi connectivity index (χ4v) is 3.85. The van der Waals surface area contributed by atoms with Crippen LogP contribution in [-0.2, 0) is 6.61 Å². The van der Waals surface area contributed by atoms with Crippen LogP contribution < -0.4 is 10.1 Å². The summed E-state index contributed by atoms with van der Waals surface area (Å²) in [5.74, 6) is 0.217. The summed E-state index contributed by atoms with van der Waals surface area (Å²) in [5.41, 5.74) is 2.65. The molecule has 0 unspecified atom stereocenters. The van der Waals surface area contributed by atoms with E-state index < -0.39 is 0 Å². The Bertz CT molecular complexity index is 1040. The number of furan rings is 1. The van der Waals surface area contributed by atoms with Gasteiger partial charge in [-0.15, -0.1) is 0 Å². The molecule has 0 aliphatic rings. The predicted molar refractivity (Wildman–Crippen MR) is 118 cm³/mol. The monoisotopic (exact) mass is 491 g/mol. The number of benzene rings is 2. The van der Waals surface area contributed by atoms with Gasteiger partial charge in [-0.25, -0.2) is 0 Å². The van der Waals surface area contributed by atoms with E-state index >= 15 is 0 Å². The summed E-state index contributed by atoms with van der Waals surface area (Å²) in [5, 5.41) is 3.03. The molecule has 0 saturated carbocycles. The Morgan fingerprint density at radius 3 is 2.03 bits per heavy atom. The predicted octanol–water partition coefficient (Wildman–Crippen LogP) is 7.99. The fourth-order valence-electron chi connectivity index (χ4n) is 2.62. The molecule has 152 valence electrons. The molecule has 3 rings (SSSR count). The van der Waals surface area contributed by atoms with Crippen molar-refractivity contribution in [3.05, 3.63) is 78.1 Å². The van der Waals surface area contributed by atoms with Crippen molar-refractivity contribution in [3.63, 3.8) is 0 Å². The molecule has 0 bridgehead atoms. The molecular formula is C20H14Cl5NO3. The first-order chi connectivity index (χ1) is 13.7. The van der Waals surface area contributed by atoms with E-state index in [0.717, 1.165) is 16.8 Å². The number of amides is 1. The van der Waals surface area contributed by atoms with Gasteiger partial charge in [-0.3, -0.25) is 4.79 Å². The average molecular weight is 494 g/mol. The van der Waals surface area contributed by atoms with Gasteiger partial charge in [-0.05, 0) is 37.1 Å². The lowest BCUT2D eigenvalue weighted by Crippen LogP contribution is -2.13. The van der Waals surface area contributed by atoms with Crippen LogP contribution in [0.15, 0.2) is 34.7 Å². The van der Waals surface area contributed by atoms with Crippen LogP contribution in [0.1, 0.15) is 27.4 Å². The third-order valence-electron chi connectivity index (χ3n) is 4.13. The van der Waals surface area contributed by atoms with Gasteiger partial charge in [0.1, 0.15) is 22.4 Å². The van der Waals surface area contributed by atoms with E-state index in [1.807, 2.05) is 32.0 Å². The fraction of sp³-hybridized carbons (Fsp3) is 0.150. The van der Waals surface area contributed by atoms with Gasteiger partial charge in [-0.1, -0.05) is 76.2 Å². The smallest absolute Gasteiger partial charge is 0.291 e. The van der Waals surface area contributed by atoms with Crippen molar-refractivity contribution in [2.45, 2.75) is 20.5 Å². The number of rotatable bonds is 5. The molecule has 1 heterocycles. The zero-order valence-corrected chi connectivity index (χ0v) is 19.0. The second kappa shape index (κ2) is 9.07. The highest BCUT2D eigenvalue weighted by Crippen LogP contribution is 2.48. The molecule has 29 heavy (non-hydrogen) atoms. The number of hydrogen-bond donors (Lipinski definition) is 1. The average Bonchev–Trinajstić information content (AvgIpc) is 3.17. The molecule has 0 fully saturated rings. The van der Waals surface area contributed by atoms with Gasteiger partial charge >= 0.3 is 0 Å². The third kappa shape index (κ3) is 4.62. The molecule has 4 nitrogen and oxygen atoms in total. The van der Waals surface area contributed by atoms with Crippen molar-refractivity contribution in [2.75, 3.05) is 5.32 Å². The summed E-state index contributed by atoms with van der Waals surface area (Å²) < 4.78 is 11.2. The maximum atomic E-state index is 12.5. The van der Waals surface area contributed by atoms with Crippen LogP contribution in [0, 0.1) is 13.8 Å². The number of anilines is 1. The summed E-state index contributed by atoms with van der Waals surface area (Å²) in [6.45, 7) is 3.78. The van der Waals surface area contributed by atoms with Crippen molar-refractivity contribution in [1.29, 1.82) is 0 Å². The Kier molecular flexibility index (Phi) is 6.92. The minimum Gasteiger partial charge on any atom is -0.482 e. The molecular weight excluding hydrogens is 479 g/mol. The SMILES string of the molecule is Cc1cccc(C)c1NC(=O)c1ccc(COc2c(Cl)c(Cl)c(Cl)c(Cl)c2Cl)o1. The molecule has 9 heteroatoms. The van der Waals surface area contributed by atoms with Gasteiger partial charge in [-0.2, -0.15) is 0 Å². The molecule has 0 aliphatic carbocycles. The van der Waals surface area contributed by atoms with E-state index in [4.69, 9.17) is 67.2 Å². The van der Waals surface area contributed by atoms with Crippen LogP contribution >= 0.6 is 58.0 Å². The van der Waals surface area contributed by atoms with Crippen LogP contribution in [0.3, 0.4) is 0 Å². The van der Waals surface area contributed by atoms with E-state index in [1.54, 1.807) is 12.1 Å². The zero-order chi connectivity index (χ0) is 21.3. The number of nitrogens with one attached hydrogen (secondary N) is 1. The molecule has 0 atom stereocenters. The van der Waals surface area contributed by atoms with E-state index in [2.05, 4.69) is 5.32 Å². The number of carbonyl (C=O) groups is 1. The van der Waals surface area contributed by atoms with Gasteiger partial charge in [0.05, 0.1) is 15.1 Å². The summed E-state index contributed by atoms with van der Waals surface area (Å²) in [6, 6.07) is 8.92. The Hall–Kier alpha value is -1.56. The Morgan fingerprint density at radius 1 is 0.897 bits per heavy atom. The minimum atomic E-state index is -0.373. The Morgan fingerprint density at radius 2 is 1.45 bits per heavy atom. The van der Waals surface area contributed by atoms with E-state index in [0.29, 0.717) is 5.76 Å². The first-order valence-electron chi connectivity index (χ1n) is 8.31. The van der Waals surface area contributed by atoms with E-state index in [-0.39, 0.29) is 49.1 Å². The maximum Gasteiger partial charge on any atom is 0.291 e. The van der Waals surface area contributed by atoms with Gasteiger partial charge < -0.3 is 14.5 Å². The number of carbonyl (C=O) groups excluding carboxylic acids is 1. The number of hydrogen-bond acceptors (Lipinski definition) is 3. The topological polar surface area (TPSA) is 51.5 Å². The van der Waals surface area contributed by atoms with Crippen molar-refractivity contribution < 1.29 is 13.9 Å². The lowest BCUT2D eigenvalue weighted by Gasteiger charge is -2.13. The van der Waals surface area contributed by atoms with Crippen molar-refractivity contribution >= 4 is 69.6 Å². The number of halogens is 5. The first-order valence-corrected chi connectivity index (χ1v) is 10.2. The number of ether oxygens (including phenoxy) is 1. The summed E-state index contributed by atoms with van der Waals surface area (Å²) in [7, 11) is 0. The summed E-state index contributed by atoms with van der Waals surface area (Å²) in [4.78, 5) is 12.5. The molecule has 0 radical (unpaired) electrons. The quantitative estimate of drug-likeness (QED) is 0.289. The van der Waals surface area contributed by atoms with E-state index in [9.17, 15) is 4.79 Å². The van der Waals surface area contributed by atoms with Gasteiger partial charge in [0.2, 0.25) is 0 Å². The largest absolute Gasteiger partial charge is 0.482 e. The minimum absolute atomic E-state index is 0.0330. The van der Waals surface area contributed by atoms with Crippen molar-refractivity contribution in [3.8, 4) is 5.75 Å². The zero-order valence-electron chi connectivity index (χ0n) is 15.2. The van der Waals surface area contributed by atoms with E-state index in [1.165, 1.54) is 0 Å². The normalized spacial score (nSPS) is 10.9. The second-order valence-corrected chi connectivity index (χ2v) is 8.06. The number of aryl methyl sites for hydroxylation is 2. The van der Waals surface area contributed by atoms with Crippen LogP contribution in [-0.4, -0.2) is 5.91 Å². The van der Waals surface area contributed by atoms with Crippen LogP contribution in [0.4, 0.5) is 5.69 Å². The molecule has 1 N–H and O–H groups in total. The van der Waals surface area contributed by atoms with Crippen molar-refractivity contribution in [2.24, 2.45) is 0 Å². The molecule has 1 amide bonds. The Balaban J connectivity index is 1.74. The highest BCUT2D eigenvalue weighted by Gasteiger charge is 2.21. The third-order valence-corrected chi connectivity index (χ3v) is 6.38. The summed E-state index contributed by atoms with van der Waals surface area (Å²) >= 11 is 30.3. The van der Waals surface area contributed by atoms with Crippen molar-refractivity contribution in [1.82, 2.24) is 0 Å². The molecule has 3 aromatic rings.